The Morgan fingerprint density at radius 1 is 0.903 bits per heavy atom. The van der Waals surface area contributed by atoms with Gasteiger partial charge in [-0.2, -0.15) is 0 Å². The van der Waals surface area contributed by atoms with Crippen LogP contribution in [-0.4, -0.2) is 79.5 Å². The molecule has 164 valence electrons. The van der Waals surface area contributed by atoms with Crippen LogP contribution < -0.4 is 4.74 Å². The van der Waals surface area contributed by atoms with Crippen molar-refractivity contribution in [2.75, 3.05) is 6.61 Å². The van der Waals surface area contributed by atoms with E-state index >= 15 is 0 Å². The largest absolute Gasteiger partial charge is 0.507 e. The molecule has 0 spiro atoms. The van der Waals surface area contributed by atoms with Gasteiger partial charge in [-0.15, -0.1) is 0 Å². The predicted octanol–water partition coefficient (Wildman–Crippen LogP) is -1.16. The number of benzene rings is 2. The van der Waals surface area contributed by atoms with Crippen LogP contribution >= 0.6 is 0 Å². The summed E-state index contributed by atoms with van der Waals surface area (Å²) in [7, 11) is 0. The Bertz CT molecular complexity index is 1050. The Kier molecular flexibility index (Phi) is 5.52. The average molecular weight is 432 g/mol. The number of aromatic hydroxyl groups is 1. The fraction of sp³-hybridized carbons (Fsp3) is 0.333. The fourth-order valence-electron chi connectivity index (χ4n) is 3.80. The van der Waals surface area contributed by atoms with Gasteiger partial charge in [-0.1, -0.05) is 12.1 Å². The van der Waals surface area contributed by atoms with Crippen LogP contribution in [0.1, 0.15) is 37.4 Å². The van der Waals surface area contributed by atoms with Crippen molar-refractivity contribution >= 4 is 11.6 Å². The van der Waals surface area contributed by atoms with Crippen molar-refractivity contribution in [3.8, 4) is 11.5 Å². The summed E-state index contributed by atoms with van der Waals surface area (Å²) < 4.78 is 10.9. The summed E-state index contributed by atoms with van der Waals surface area (Å²) in [5.74, 6) is -1.93. The smallest absolute Gasteiger partial charge is 0.229 e. The van der Waals surface area contributed by atoms with E-state index in [0.29, 0.717) is 0 Å². The van der Waals surface area contributed by atoms with Crippen LogP contribution in [-0.2, 0) is 11.3 Å². The molecule has 0 amide bonds. The van der Waals surface area contributed by atoms with Crippen LogP contribution in [0.5, 0.6) is 11.5 Å². The molecule has 2 aromatic rings. The van der Waals surface area contributed by atoms with E-state index in [9.17, 15) is 40.2 Å². The Balaban J connectivity index is 1.80. The number of phenolic OH excluding ortho intramolecular Hbond substituents is 1. The van der Waals surface area contributed by atoms with Crippen LogP contribution in [0.2, 0.25) is 0 Å². The third kappa shape index (κ3) is 3.39. The molecule has 2 aliphatic rings. The number of aliphatic hydroxyl groups is 5. The second-order valence-corrected chi connectivity index (χ2v) is 7.35. The van der Waals surface area contributed by atoms with Gasteiger partial charge in [0, 0.05) is 11.1 Å². The zero-order valence-electron chi connectivity index (χ0n) is 16.0. The number of fused-ring (bicyclic) bond motifs is 2. The molecule has 1 aliphatic carbocycles. The molecule has 0 bridgehead atoms. The molecule has 0 saturated carbocycles. The molecule has 1 heterocycles. The molecule has 1 saturated heterocycles. The first-order valence-electron chi connectivity index (χ1n) is 9.44. The van der Waals surface area contributed by atoms with Crippen LogP contribution in [0.25, 0.3) is 0 Å². The third-order valence-electron chi connectivity index (χ3n) is 5.42. The highest BCUT2D eigenvalue weighted by Crippen LogP contribution is 2.38. The minimum atomic E-state index is -1.75. The Hall–Kier alpha value is -2.86. The fourth-order valence-corrected chi connectivity index (χ4v) is 3.80. The van der Waals surface area contributed by atoms with Crippen molar-refractivity contribution in [2.45, 2.75) is 37.3 Å². The van der Waals surface area contributed by atoms with Gasteiger partial charge in [-0.05, 0) is 23.8 Å². The van der Waals surface area contributed by atoms with E-state index in [1.807, 2.05) is 0 Å². The summed E-state index contributed by atoms with van der Waals surface area (Å²) in [5.41, 5.74) is -0.285. The quantitative estimate of drug-likeness (QED) is 0.295. The molecule has 6 N–H and O–H groups in total. The Morgan fingerprint density at radius 2 is 1.65 bits per heavy atom. The molecule has 0 aromatic heterocycles. The number of carbonyl (C=O) groups is 2. The van der Waals surface area contributed by atoms with E-state index in [1.165, 1.54) is 30.3 Å². The molecular formula is C21H20O10. The van der Waals surface area contributed by atoms with Crippen molar-refractivity contribution in [3.63, 3.8) is 0 Å². The van der Waals surface area contributed by atoms with Gasteiger partial charge in [-0.25, -0.2) is 0 Å². The van der Waals surface area contributed by atoms with Crippen LogP contribution in [0.15, 0.2) is 30.3 Å². The number of phenols is 1. The third-order valence-corrected chi connectivity index (χ3v) is 5.42. The number of carbonyl (C=O) groups excluding carboxylic acids is 2. The molecular weight excluding hydrogens is 412 g/mol. The molecule has 10 nitrogen and oxygen atoms in total. The van der Waals surface area contributed by atoms with E-state index in [2.05, 4.69) is 0 Å². The summed E-state index contributed by atoms with van der Waals surface area (Å²) in [6.45, 7) is -1.18. The summed E-state index contributed by atoms with van der Waals surface area (Å²) in [4.78, 5) is 26.2. The van der Waals surface area contributed by atoms with E-state index in [1.54, 1.807) is 0 Å². The van der Waals surface area contributed by atoms with Gasteiger partial charge >= 0.3 is 0 Å². The number of aliphatic hydroxyl groups excluding tert-OH is 5. The minimum Gasteiger partial charge on any atom is -0.507 e. The minimum absolute atomic E-state index is 0.00798. The van der Waals surface area contributed by atoms with Crippen LogP contribution in [0.4, 0.5) is 0 Å². The lowest BCUT2D eigenvalue weighted by molar-refractivity contribution is -0.277. The zero-order chi connectivity index (χ0) is 22.4. The maximum absolute atomic E-state index is 13.2. The molecule has 0 radical (unpaired) electrons. The first kappa shape index (κ1) is 21.4. The first-order valence-corrected chi connectivity index (χ1v) is 9.44. The van der Waals surface area contributed by atoms with Crippen molar-refractivity contribution in [1.82, 2.24) is 0 Å². The van der Waals surface area contributed by atoms with Gasteiger partial charge < -0.3 is 40.1 Å². The summed E-state index contributed by atoms with van der Waals surface area (Å²) in [5, 5.41) is 59.2. The highest BCUT2D eigenvalue weighted by atomic mass is 16.7. The van der Waals surface area contributed by atoms with Crippen molar-refractivity contribution in [1.29, 1.82) is 0 Å². The van der Waals surface area contributed by atoms with Crippen LogP contribution in [0.3, 0.4) is 0 Å². The first-order chi connectivity index (χ1) is 14.8. The molecule has 31 heavy (non-hydrogen) atoms. The van der Waals surface area contributed by atoms with E-state index < -0.39 is 61.2 Å². The lowest BCUT2D eigenvalue weighted by Crippen LogP contribution is -2.60. The lowest BCUT2D eigenvalue weighted by atomic mass is 9.82. The number of hydrogen-bond acceptors (Lipinski definition) is 10. The summed E-state index contributed by atoms with van der Waals surface area (Å²) in [6.07, 6.45) is -7.93. The van der Waals surface area contributed by atoms with Crippen molar-refractivity contribution in [3.05, 3.63) is 58.1 Å². The predicted molar refractivity (Wildman–Crippen MR) is 102 cm³/mol. The monoisotopic (exact) mass is 432 g/mol. The van der Waals surface area contributed by atoms with Crippen LogP contribution in [0, 0.1) is 0 Å². The maximum atomic E-state index is 13.2. The molecule has 0 unspecified atom stereocenters. The number of ether oxygens (including phenoxy) is 2. The highest BCUT2D eigenvalue weighted by Gasteiger charge is 2.45. The Labute approximate surface area is 175 Å². The summed E-state index contributed by atoms with van der Waals surface area (Å²) in [6, 6.07) is 6.65. The summed E-state index contributed by atoms with van der Waals surface area (Å²) >= 11 is 0. The van der Waals surface area contributed by atoms with Crippen molar-refractivity contribution in [2.24, 2.45) is 0 Å². The standard InChI is InChI=1S/C21H20O10/c22-6-8-4-10-15(18(27)14-9(16(10)25)2-1-3-11(14)24)12(5-8)30-21-20(29)19(28)17(26)13(7-23)31-21/h1-5,13,17,19-24,26,28-29H,6-7H2/t13-,17-,19+,20-,21-/m0/s1. The SMILES string of the molecule is O=C1c2cccc(O)c2C(=O)c2c(O[C@H]3O[C@@H](CO)[C@H](O)[C@@H](O)[C@@H]3O)cc(CO)cc21. The lowest BCUT2D eigenvalue weighted by Gasteiger charge is -2.39. The van der Waals surface area contributed by atoms with Gasteiger partial charge in [0.1, 0.15) is 35.9 Å². The molecule has 1 fully saturated rings. The maximum Gasteiger partial charge on any atom is 0.229 e. The topological polar surface area (TPSA) is 174 Å². The zero-order valence-corrected chi connectivity index (χ0v) is 16.0. The van der Waals surface area contributed by atoms with E-state index in [4.69, 9.17) is 9.47 Å². The average Bonchev–Trinajstić information content (AvgIpc) is 2.77. The van der Waals surface area contributed by atoms with Gasteiger partial charge in [-0.3, -0.25) is 9.59 Å². The molecule has 4 rings (SSSR count). The second kappa shape index (κ2) is 8.00. The normalized spacial score (nSPS) is 27.6. The number of rotatable bonds is 4. The van der Waals surface area contributed by atoms with E-state index in [-0.39, 0.29) is 33.6 Å². The second-order valence-electron chi connectivity index (χ2n) is 7.35. The van der Waals surface area contributed by atoms with Gasteiger partial charge in [0.2, 0.25) is 12.1 Å². The number of hydrogen-bond donors (Lipinski definition) is 6. The molecule has 10 heteroatoms. The van der Waals surface area contributed by atoms with Gasteiger partial charge in [0.25, 0.3) is 0 Å². The number of ketones is 2. The highest BCUT2D eigenvalue weighted by molar-refractivity contribution is 6.30. The molecule has 5 atom stereocenters. The molecule has 1 aliphatic heterocycles. The van der Waals surface area contributed by atoms with E-state index in [0.717, 1.165) is 0 Å². The van der Waals surface area contributed by atoms with Crippen molar-refractivity contribution < 1.29 is 49.7 Å². The Morgan fingerprint density at radius 3 is 2.32 bits per heavy atom. The molecule has 2 aromatic carbocycles. The van der Waals surface area contributed by atoms with Gasteiger partial charge in [0.15, 0.2) is 5.78 Å². The van der Waals surface area contributed by atoms with Gasteiger partial charge in [0.05, 0.1) is 24.3 Å².